The molecule has 6 nitrogen and oxygen atoms in total. The summed E-state index contributed by atoms with van der Waals surface area (Å²) in [5.41, 5.74) is 3.22. The second-order valence-corrected chi connectivity index (χ2v) is 10.8. The molecule has 34 heavy (non-hydrogen) atoms. The van der Waals surface area contributed by atoms with Gasteiger partial charge in [0.15, 0.2) is 0 Å². The predicted octanol–water partition coefficient (Wildman–Crippen LogP) is 3.50. The van der Waals surface area contributed by atoms with Gasteiger partial charge in [0.1, 0.15) is 10.7 Å². The summed E-state index contributed by atoms with van der Waals surface area (Å²) in [4.78, 5) is 6.00. The third kappa shape index (κ3) is 4.15. The third-order valence-corrected chi connectivity index (χ3v) is 8.99. The van der Waals surface area contributed by atoms with Gasteiger partial charge in [-0.2, -0.15) is 4.31 Å². The van der Waals surface area contributed by atoms with Crippen LogP contribution in [-0.4, -0.2) is 66.0 Å². The van der Waals surface area contributed by atoms with Gasteiger partial charge in [-0.1, -0.05) is 36.4 Å². The summed E-state index contributed by atoms with van der Waals surface area (Å²) in [7, 11) is -3.96. The van der Waals surface area contributed by atoms with Gasteiger partial charge in [0.25, 0.3) is 0 Å². The van der Waals surface area contributed by atoms with Crippen molar-refractivity contribution in [1.29, 1.82) is 0 Å². The van der Waals surface area contributed by atoms with Crippen molar-refractivity contribution in [2.75, 3.05) is 26.2 Å². The van der Waals surface area contributed by atoms with Crippen LogP contribution in [0.1, 0.15) is 24.3 Å². The molecule has 2 aliphatic rings. The van der Waals surface area contributed by atoms with Crippen molar-refractivity contribution in [2.45, 2.75) is 35.7 Å². The molecule has 1 aromatic heterocycles. The van der Waals surface area contributed by atoms with Crippen LogP contribution in [0.5, 0.6) is 0 Å². The number of aliphatic hydroxyl groups excluding tert-OH is 1. The summed E-state index contributed by atoms with van der Waals surface area (Å²) in [6.07, 6.45) is 5.03. The minimum Gasteiger partial charge on any atom is -0.395 e. The number of aliphatic hydroxyl groups is 1. The minimum atomic E-state index is -3.96. The van der Waals surface area contributed by atoms with Gasteiger partial charge in [-0.3, -0.25) is 9.88 Å². The van der Waals surface area contributed by atoms with Gasteiger partial charge in [0, 0.05) is 43.5 Å². The Kier molecular flexibility index (Phi) is 6.48. The van der Waals surface area contributed by atoms with Crippen molar-refractivity contribution in [3.05, 3.63) is 84.4 Å². The Bertz CT molecular complexity index is 1240. The van der Waals surface area contributed by atoms with Gasteiger partial charge in [-0.05, 0) is 60.3 Å². The molecule has 3 aromatic rings. The molecule has 0 aliphatic carbocycles. The second-order valence-electron chi connectivity index (χ2n) is 8.94. The number of rotatable bonds is 5. The van der Waals surface area contributed by atoms with Crippen LogP contribution in [0.4, 0.5) is 4.39 Å². The predicted molar refractivity (Wildman–Crippen MR) is 128 cm³/mol. The summed E-state index contributed by atoms with van der Waals surface area (Å²) >= 11 is 0. The molecule has 0 unspecified atom stereocenters. The standard InChI is InChI=1S/C26H28FN3O3S/c27-22-5-1-2-6-25(22)34(32,33)29-15-3-4-16-30-23(17-29)26(24(30)18-31)21-9-7-19(8-10-21)20-11-13-28-14-12-20/h1-2,5-14,23-24,26,31H,3-4,15-18H2/t23-,24+,26-/m1/s1. The molecule has 178 valence electrons. The topological polar surface area (TPSA) is 73.7 Å². The van der Waals surface area contributed by atoms with Crippen LogP contribution in [0, 0.1) is 5.82 Å². The van der Waals surface area contributed by atoms with Crippen LogP contribution in [-0.2, 0) is 10.0 Å². The van der Waals surface area contributed by atoms with E-state index < -0.39 is 15.8 Å². The Labute approximate surface area is 199 Å². The molecule has 1 N–H and O–H groups in total. The third-order valence-electron chi connectivity index (χ3n) is 7.10. The summed E-state index contributed by atoms with van der Waals surface area (Å²) in [5.74, 6) is -0.737. The number of sulfonamides is 1. The van der Waals surface area contributed by atoms with Gasteiger partial charge < -0.3 is 5.11 Å². The number of aromatic nitrogens is 1. The lowest BCUT2D eigenvalue weighted by Gasteiger charge is -2.57. The number of benzene rings is 2. The molecule has 0 bridgehead atoms. The zero-order valence-corrected chi connectivity index (χ0v) is 19.6. The number of hydrogen-bond donors (Lipinski definition) is 1. The van der Waals surface area contributed by atoms with E-state index in [9.17, 15) is 17.9 Å². The van der Waals surface area contributed by atoms with E-state index in [0.29, 0.717) is 13.0 Å². The van der Waals surface area contributed by atoms with E-state index in [1.54, 1.807) is 18.5 Å². The van der Waals surface area contributed by atoms with E-state index in [1.165, 1.54) is 22.5 Å². The van der Waals surface area contributed by atoms with Crippen molar-refractivity contribution >= 4 is 10.0 Å². The van der Waals surface area contributed by atoms with Crippen molar-refractivity contribution in [3.8, 4) is 11.1 Å². The average Bonchev–Trinajstić information content (AvgIpc) is 2.84. The van der Waals surface area contributed by atoms with Crippen molar-refractivity contribution in [3.63, 3.8) is 0 Å². The fourth-order valence-electron chi connectivity index (χ4n) is 5.36. The Balaban J connectivity index is 1.44. The summed E-state index contributed by atoms with van der Waals surface area (Å²) in [6, 6.07) is 17.6. The van der Waals surface area contributed by atoms with Crippen LogP contribution in [0.25, 0.3) is 11.1 Å². The molecule has 0 spiro atoms. The highest BCUT2D eigenvalue weighted by atomic mass is 32.2. The van der Waals surface area contributed by atoms with E-state index in [4.69, 9.17) is 0 Å². The molecular formula is C26H28FN3O3S. The van der Waals surface area contributed by atoms with E-state index in [2.05, 4.69) is 34.1 Å². The van der Waals surface area contributed by atoms with Gasteiger partial charge >= 0.3 is 0 Å². The fourth-order valence-corrected chi connectivity index (χ4v) is 6.92. The molecule has 2 aromatic carbocycles. The van der Waals surface area contributed by atoms with E-state index in [1.807, 2.05) is 12.1 Å². The number of nitrogens with zero attached hydrogens (tertiary/aromatic N) is 3. The molecule has 0 amide bonds. The zero-order valence-electron chi connectivity index (χ0n) is 18.8. The number of halogens is 1. The van der Waals surface area contributed by atoms with E-state index in [0.717, 1.165) is 29.7 Å². The molecule has 8 heteroatoms. The quantitative estimate of drug-likeness (QED) is 0.604. The lowest BCUT2D eigenvalue weighted by Crippen LogP contribution is -2.67. The minimum absolute atomic E-state index is 0.00656. The number of pyridine rings is 1. The first-order valence-corrected chi connectivity index (χ1v) is 13.1. The highest BCUT2D eigenvalue weighted by molar-refractivity contribution is 7.89. The summed E-state index contributed by atoms with van der Waals surface area (Å²) in [5, 5.41) is 10.2. The second kappa shape index (κ2) is 9.54. The van der Waals surface area contributed by atoms with Gasteiger partial charge in [-0.15, -0.1) is 0 Å². The molecule has 3 heterocycles. The normalized spacial score (nSPS) is 24.0. The smallest absolute Gasteiger partial charge is 0.246 e. The zero-order chi connectivity index (χ0) is 23.7. The maximum atomic E-state index is 14.4. The van der Waals surface area contributed by atoms with Crippen LogP contribution in [0.2, 0.25) is 0 Å². The van der Waals surface area contributed by atoms with Gasteiger partial charge in [0.05, 0.1) is 6.61 Å². The molecule has 2 fully saturated rings. The summed E-state index contributed by atoms with van der Waals surface area (Å²) in [6.45, 7) is 1.45. The number of hydrogen-bond acceptors (Lipinski definition) is 5. The molecule has 0 radical (unpaired) electrons. The molecule has 0 saturated carbocycles. The molecule has 2 aliphatic heterocycles. The average molecular weight is 482 g/mol. The lowest BCUT2D eigenvalue weighted by molar-refractivity contribution is -0.0554. The highest BCUT2D eigenvalue weighted by Gasteiger charge is 2.50. The van der Waals surface area contributed by atoms with Crippen LogP contribution in [0.15, 0.2) is 78.0 Å². The Morgan fingerprint density at radius 2 is 1.62 bits per heavy atom. The van der Waals surface area contributed by atoms with E-state index in [-0.39, 0.29) is 36.0 Å². The van der Waals surface area contributed by atoms with Crippen LogP contribution in [0.3, 0.4) is 0 Å². The SMILES string of the molecule is O=S(=O)(c1ccccc1F)N1CCCCN2[C@H](C1)[C@@H](c1ccc(-c3ccncc3)cc1)[C@@H]2CO. The summed E-state index contributed by atoms with van der Waals surface area (Å²) < 4.78 is 42.5. The largest absolute Gasteiger partial charge is 0.395 e. The number of fused-ring (bicyclic) bond motifs is 1. The maximum absolute atomic E-state index is 14.4. The monoisotopic (exact) mass is 481 g/mol. The molecule has 5 rings (SSSR count). The maximum Gasteiger partial charge on any atom is 0.246 e. The first-order chi connectivity index (χ1) is 16.5. The Morgan fingerprint density at radius 1 is 0.941 bits per heavy atom. The first-order valence-electron chi connectivity index (χ1n) is 11.6. The first kappa shape index (κ1) is 23.1. The Hall–Kier alpha value is -2.65. The molecule has 3 atom stereocenters. The van der Waals surface area contributed by atoms with Crippen LogP contribution >= 0.6 is 0 Å². The van der Waals surface area contributed by atoms with Crippen molar-refractivity contribution < 1.29 is 17.9 Å². The lowest BCUT2D eigenvalue weighted by atomic mass is 9.74. The van der Waals surface area contributed by atoms with Crippen LogP contribution < -0.4 is 0 Å². The van der Waals surface area contributed by atoms with Gasteiger partial charge in [0.2, 0.25) is 10.0 Å². The highest BCUT2D eigenvalue weighted by Crippen LogP contribution is 2.43. The fraction of sp³-hybridized carbons (Fsp3) is 0.346. The van der Waals surface area contributed by atoms with E-state index >= 15 is 0 Å². The van der Waals surface area contributed by atoms with Crippen molar-refractivity contribution in [1.82, 2.24) is 14.2 Å². The Morgan fingerprint density at radius 3 is 2.32 bits per heavy atom. The van der Waals surface area contributed by atoms with Crippen molar-refractivity contribution in [2.24, 2.45) is 0 Å². The molecular weight excluding hydrogens is 453 g/mol. The molecule has 2 saturated heterocycles. The van der Waals surface area contributed by atoms with Gasteiger partial charge in [-0.25, -0.2) is 12.8 Å².